The number of pyridine rings is 1. The molecule has 2 rings (SSSR count). The van der Waals surface area contributed by atoms with E-state index in [2.05, 4.69) is 35.8 Å². The van der Waals surface area contributed by atoms with Gasteiger partial charge in [-0.25, -0.2) is 9.97 Å². The van der Waals surface area contributed by atoms with Crippen LogP contribution in [0.2, 0.25) is 0 Å². The average molecular weight is 261 g/mol. The van der Waals surface area contributed by atoms with E-state index in [-0.39, 0.29) is 0 Å². The number of nitrogens with two attached hydrogens (primary N) is 1. The van der Waals surface area contributed by atoms with Crippen LogP contribution in [-0.4, -0.2) is 39.1 Å². The molecule has 2 aromatic rings. The third-order valence-corrected chi connectivity index (χ3v) is 3.64. The fourth-order valence-electron chi connectivity index (χ4n) is 2.11. The zero-order chi connectivity index (χ0) is 14.0. The van der Waals surface area contributed by atoms with E-state index >= 15 is 0 Å². The number of hydrogen-bond donors (Lipinski definition) is 1. The third-order valence-electron chi connectivity index (χ3n) is 3.64. The quantitative estimate of drug-likeness (QED) is 0.895. The van der Waals surface area contributed by atoms with Crippen LogP contribution >= 0.6 is 0 Å². The minimum absolute atomic E-state index is 0.559. The molecule has 104 valence electrons. The van der Waals surface area contributed by atoms with Gasteiger partial charge in [-0.15, -0.1) is 0 Å². The maximum Gasteiger partial charge on any atom is 0.202 e. The number of imidazole rings is 1. The van der Waals surface area contributed by atoms with E-state index in [0.29, 0.717) is 12.0 Å². The molecule has 0 bridgehead atoms. The maximum atomic E-state index is 6.00. The molecule has 2 aromatic heterocycles. The first-order chi connectivity index (χ1) is 9.00. The number of rotatable bonds is 5. The molecule has 2 N–H and O–H groups in total. The summed E-state index contributed by atoms with van der Waals surface area (Å²) >= 11 is 0. The van der Waals surface area contributed by atoms with E-state index < -0.39 is 0 Å². The number of aryl methyl sites for hydroxylation is 2. The maximum absolute atomic E-state index is 6.00. The standard InChI is InChI=1S/C14H23N5/c1-10(2)18(4)8-5-9-19-13-12(17-14(19)15)11(3)6-7-16-13/h6-7,10H,5,8-9H2,1-4H3,(H2,15,17). The van der Waals surface area contributed by atoms with E-state index in [1.54, 1.807) is 0 Å². The van der Waals surface area contributed by atoms with Gasteiger partial charge < -0.3 is 10.6 Å². The molecule has 0 saturated heterocycles. The number of fused-ring (bicyclic) bond motifs is 1. The topological polar surface area (TPSA) is 60.0 Å². The molecule has 0 aliphatic heterocycles. The van der Waals surface area contributed by atoms with Gasteiger partial charge in [-0.2, -0.15) is 0 Å². The molecule has 0 saturated carbocycles. The number of hydrogen-bond acceptors (Lipinski definition) is 4. The van der Waals surface area contributed by atoms with Gasteiger partial charge in [-0.3, -0.25) is 4.57 Å². The Balaban J connectivity index is 2.13. The van der Waals surface area contributed by atoms with Gasteiger partial charge in [0.05, 0.1) is 0 Å². The summed E-state index contributed by atoms with van der Waals surface area (Å²) in [6, 6.07) is 2.53. The van der Waals surface area contributed by atoms with Crippen molar-refractivity contribution in [1.82, 2.24) is 19.4 Å². The number of aromatic nitrogens is 3. The summed E-state index contributed by atoms with van der Waals surface area (Å²) in [5.41, 5.74) is 8.92. The highest BCUT2D eigenvalue weighted by Gasteiger charge is 2.11. The second-order valence-corrected chi connectivity index (χ2v) is 5.35. The molecule has 0 fully saturated rings. The smallest absolute Gasteiger partial charge is 0.202 e. The molecule has 19 heavy (non-hydrogen) atoms. The third kappa shape index (κ3) is 2.87. The molecule has 0 aromatic carbocycles. The van der Waals surface area contributed by atoms with Crippen molar-refractivity contribution in [3.63, 3.8) is 0 Å². The molecule has 5 nitrogen and oxygen atoms in total. The largest absolute Gasteiger partial charge is 0.369 e. The van der Waals surface area contributed by atoms with Crippen molar-refractivity contribution in [2.24, 2.45) is 0 Å². The van der Waals surface area contributed by atoms with Gasteiger partial charge >= 0.3 is 0 Å². The highest BCUT2D eigenvalue weighted by molar-refractivity contribution is 5.77. The van der Waals surface area contributed by atoms with Gasteiger partial charge in [0.2, 0.25) is 5.95 Å². The first-order valence-electron chi connectivity index (χ1n) is 6.78. The molecule has 2 heterocycles. The zero-order valence-electron chi connectivity index (χ0n) is 12.2. The van der Waals surface area contributed by atoms with Crippen molar-refractivity contribution in [3.8, 4) is 0 Å². The van der Waals surface area contributed by atoms with Gasteiger partial charge in [0, 0.05) is 18.8 Å². The lowest BCUT2D eigenvalue weighted by molar-refractivity contribution is 0.266. The molecule has 0 unspecified atom stereocenters. The number of nitrogen functional groups attached to an aromatic ring is 1. The lowest BCUT2D eigenvalue weighted by Crippen LogP contribution is -2.28. The van der Waals surface area contributed by atoms with Crippen molar-refractivity contribution in [1.29, 1.82) is 0 Å². The van der Waals surface area contributed by atoms with Crippen LogP contribution in [0.5, 0.6) is 0 Å². The average Bonchev–Trinajstić information content (AvgIpc) is 2.68. The summed E-state index contributed by atoms with van der Waals surface area (Å²) in [7, 11) is 2.14. The minimum Gasteiger partial charge on any atom is -0.369 e. The van der Waals surface area contributed by atoms with E-state index in [4.69, 9.17) is 5.73 Å². The van der Waals surface area contributed by atoms with Crippen molar-refractivity contribution in [3.05, 3.63) is 17.8 Å². The van der Waals surface area contributed by atoms with E-state index in [1.807, 2.05) is 23.8 Å². The Kier molecular flexibility index (Phi) is 4.04. The SMILES string of the molecule is Cc1ccnc2c1nc(N)n2CCCN(C)C(C)C. The predicted molar refractivity (Wildman–Crippen MR) is 79.1 cm³/mol. The van der Waals surface area contributed by atoms with E-state index in [1.165, 1.54) is 0 Å². The fourth-order valence-corrected chi connectivity index (χ4v) is 2.11. The monoisotopic (exact) mass is 261 g/mol. The summed E-state index contributed by atoms with van der Waals surface area (Å²) in [6.07, 6.45) is 2.86. The fraction of sp³-hybridized carbons (Fsp3) is 0.571. The highest BCUT2D eigenvalue weighted by atomic mass is 15.2. The van der Waals surface area contributed by atoms with Crippen molar-refractivity contribution < 1.29 is 0 Å². The summed E-state index contributed by atoms with van der Waals surface area (Å²) in [5, 5.41) is 0. The second kappa shape index (κ2) is 5.57. The summed E-state index contributed by atoms with van der Waals surface area (Å²) < 4.78 is 2.01. The summed E-state index contributed by atoms with van der Waals surface area (Å²) in [5.74, 6) is 0.559. The molecule has 0 radical (unpaired) electrons. The van der Waals surface area contributed by atoms with Gasteiger partial charge in [-0.1, -0.05) is 0 Å². The Morgan fingerprint density at radius 2 is 2.16 bits per heavy atom. The minimum atomic E-state index is 0.559. The van der Waals surface area contributed by atoms with Crippen LogP contribution in [0.3, 0.4) is 0 Å². The van der Waals surface area contributed by atoms with Crippen LogP contribution in [0.1, 0.15) is 25.8 Å². The molecule has 0 atom stereocenters. The lowest BCUT2D eigenvalue weighted by atomic mass is 10.3. The number of anilines is 1. The van der Waals surface area contributed by atoms with Crippen LogP contribution in [0.4, 0.5) is 5.95 Å². The Labute approximate surface area is 114 Å². The Morgan fingerprint density at radius 3 is 2.84 bits per heavy atom. The molecular weight excluding hydrogens is 238 g/mol. The molecule has 0 aliphatic rings. The van der Waals surface area contributed by atoms with Crippen molar-refractivity contribution in [2.75, 3.05) is 19.3 Å². The van der Waals surface area contributed by atoms with Gasteiger partial charge in [0.15, 0.2) is 5.65 Å². The van der Waals surface area contributed by atoms with Crippen molar-refractivity contribution >= 4 is 17.1 Å². The van der Waals surface area contributed by atoms with E-state index in [9.17, 15) is 0 Å². The first kappa shape index (κ1) is 13.8. The normalized spacial score (nSPS) is 11.9. The molecule has 0 aliphatic carbocycles. The van der Waals surface area contributed by atoms with E-state index in [0.717, 1.165) is 36.2 Å². The van der Waals surface area contributed by atoms with Crippen LogP contribution in [0, 0.1) is 6.92 Å². The first-order valence-corrected chi connectivity index (χ1v) is 6.78. The van der Waals surface area contributed by atoms with Gasteiger partial charge in [0.25, 0.3) is 0 Å². The Hall–Kier alpha value is -1.62. The van der Waals surface area contributed by atoms with Crippen LogP contribution < -0.4 is 5.73 Å². The second-order valence-electron chi connectivity index (χ2n) is 5.35. The summed E-state index contributed by atoms with van der Waals surface area (Å²) in [6.45, 7) is 8.34. The Bertz CT molecular complexity index is 558. The van der Waals surface area contributed by atoms with Crippen molar-refractivity contribution in [2.45, 2.75) is 39.8 Å². The van der Waals surface area contributed by atoms with Crippen LogP contribution in [0.25, 0.3) is 11.2 Å². The highest BCUT2D eigenvalue weighted by Crippen LogP contribution is 2.19. The van der Waals surface area contributed by atoms with Crippen LogP contribution in [0.15, 0.2) is 12.3 Å². The molecular formula is C14H23N5. The van der Waals surface area contributed by atoms with Gasteiger partial charge in [-0.05, 0) is 52.4 Å². The molecule has 0 spiro atoms. The molecule has 0 amide bonds. The lowest BCUT2D eigenvalue weighted by Gasteiger charge is -2.20. The molecule has 5 heteroatoms. The Morgan fingerprint density at radius 1 is 1.42 bits per heavy atom. The number of nitrogens with zero attached hydrogens (tertiary/aromatic N) is 4. The predicted octanol–water partition coefficient (Wildman–Crippen LogP) is 2.05. The van der Waals surface area contributed by atoms with Crippen LogP contribution in [-0.2, 0) is 6.54 Å². The van der Waals surface area contributed by atoms with Gasteiger partial charge in [0.1, 0.15) is 5.52 Å². The summed E-state index contributed by atoms with van der Waals surface area (Å²) in [4.78, 5) is 11.1. The zero-order valence-corrected chi connectivity index (χ0v) is 12.2.